The molecule has 0 atom stereocenters. The summed E-state index contributed by atoms with van der Waals surface area (Å²) in [7, 11) is 0. The Bertz CT molecular complexity index is 1170. The molecule has 0 unspecified atom stereocenters. The number of hydrogen-bond donors (Lipinski definition) is 0. The molecule has 0 N–H and O–H groups in total. The van der Waals surface area contributed by atoms with Gasteiger partial charge in [0.05, 0.1) is 11.1 Å². The minimum absolute atomic E-state index is 0.211. The van der Waals surface area contributed by atoms with Crippen molar-refractivity contribution in [1.29, 1.82) is 5.26 Å². The van der Waals surface area contributed by atoms with E-state index in [2.05, 4.69) is 4.98 Å². The van der Waals surface area contributed by atoms with Gasteiger partial charge in [0.2, 0.25) is 5.89 Å². The molecule has 0 bridgehead atoms. The van der Waals surface area contributed by atoms with Crippen molar-refractivity contribution in [3.63, 3.8) is 0 Å². The number of halogens is 3. The summed E-state index contributed by atoms with van der Waals surface area (Å²) < 4.78 is 49.6. The van der Waals surface area contributed by atoms with Crippen molar-refractivity contribution in [2.45, 2.75) is 6.18 Å². The quantitative estimate of drug-likeness (QED) is 0.426. The monoisotopic (exact) mass is 380 g/mol. The van der Waals surface area contributed by atoms with E-state index in [4.69, 9.17) is 9.15 Å². The largest absolute Gasteiger partial charge is 0.455 e. The Kier molecular flexibility index (Phi) is 4.24. The molecule has 0 fully saturated rings. The Balaban J connectivity index is 1.75. The second-order valence-electron chi connectivity index (χ2n) is 5.91. The van der Waals surface area contributed by atoms with Crippen molar-refractivity contribution in [2.75, 3.05) is 0 Å². The van der Waals surface area contributed by atoms with Crippen LogP contribution in [0, 0.1) is 11.3 Å². The van der Waals surface area contributed by atoms with Crippen LogP contribution in [0.4, 0.5) is 13.2 Å². The predicted octanol–water partition coefficient (Wildman–Crippen LogP) is 6.18. The Morgan fingerprint density at radius 2 is 1.64 bits per heavy atom. The molecule has 0 aliphatic rings. The maximum atomic E-state index is 12.7. The lowest BCUT2D eigenvalue weighted by atomic mass is 10.2. The van der Waals surface area contributed by atoms with Crippen molar-refractivity contribution in [3.8, 4) is 29.0 Å². The van der Waals surface area contributed by atoms with Gasteiger partial charge in [-0.25, -0.2) is 4.98 Å². The molecule has 3 aromatic carbocycles. The third kappa shape index (κ3) is 3.28. The summed E-state index contributed by atoms with van der Waals surface area (Å²) >= 11 is 0. The average Bonchev–Trinajstić information content (AvgIpc) is 3.15. The molecule has 0 aliphatic carbocycles. The number of benzene rings is 3. The number of oxazole rings is 1. The van der Waals surface area contributed by atoms with Crippen LogP contribution in [-0.4, -0.2) is 4.98 Å². The van der Waals surface area contributed by atoms with E-state index in [-0.39, 0.29) is 22.6 Å². The lowest BCUT2D eigenvalue weighted by molar-refractivity contribution is -0.137. The molecule has 0 saturated heterocycles. The van der Waals surface area contributed by atoms with E-state index in [0.717, 1.165) is 17.7 Å². The highest BCUT2D eigenvalue weighted by molar-refractivity contribution is 5.87. The number of fused-ring (bicyclic) bond motifs is 1. The van der Waals surface area contributed by atoms with Crippen molar-refractivity contribution < 1.29 is 22.3 Å². The van der Waals surface area contributed by atoms with Gasteiger partial charge in [-0.1, -0.05) is 18.2 Å². The van der Waals surface area contributed by atoms with Crippen LogP contribution in [0.5, 0.6) is 11.5 Å². The maximum absolute atomic E-state index is 12.7. The first-order valence-electron chi connectivity index (χ1n) is 8.20. The van der Waals surface area contributed by atoms with Crippen LogP contribution in [0.25, 0.3) is 22.6 Å². The van der Waals surface area contributed by atoms with Crippen LogP contribution in [0.15, 0.2) is 71.1 Å². The molecule has 0 aliphatic heterocycles. The number of alkyl halides is 3. The molecule has 4 nitrogen and oxygen atoms in total. The van der Waals surface area contributed by atoms with E-state index in [1.165, 1.54) is 24.3 Å². The molecule has 0 radical (unpaired) electrons. The van der Waals surface area contributed by atoms with Gasteiger partial charge in [-0.05, 0) is 48.5 Å². The minimum atomic E-state index is -4.42. The summed E-state index contributed by atoms with van der Waals surface area (Å²) in [6, 6.07) is 18.6. The van der Waals surface area contributed by atoms with E-state index in [0.29, 0.717) is 11.4 Å². The van der Waals surface area contributed by atoms with E-state index in [1.54, 1.807) is 0 Å². The first-order valence-corrected chi connectivity index (χ1v) is 8.20. The van der Waals surface area contributed by atoms with E-state index in [9.17, 15) is 18.4 Å². The summed E-state index contributed by atoms with van der Waals surface area (Å²) in [6.07, 6.45) is -4.42. The van der Waals surface area contributed by atoms with Gasteiger partial charge in [-0.2, -0.15) is 18.4 Å². The Morgan fingerprint density at radius 3 is 2.29 bits per heavy atom. The second-order valence-corrected chi connectivity index (χ2v) is 5.91. The molecule has 4 aromatic rings. The van der Waals surface area contributed by atoms with Crippen LogP contribution < -0.4 is 4.74 Å². The summed E-state index contributed by atoms with van der Waals surface area (Å²) in [5.74, 6) is 0.804. The predicted molar refractivity (Wildman–Crippen MR) is 95.7 cm³/mol. The fourth-order valence-electron chi connectivity index (χ4n) is 2.70. The molecule has 4 rings (SSSR count). The summed E-state index contributed by atoms with van der Waals surface area (Å²) in [6.45, 7) is 0. The average molecular weight is 380 g/mol. The van der Waals surface area contributed by atoms with Crippen LogP contribution in [0.3, 0.4) is 0 Å². The van der Waals surface area contributed by atoms with Gasteiger partial charge in [-0.3, -0.25) is 0 Å². The standard InChI is InChI=1S/C21H11F3N2O2/c22-21(23,24)15-7-9-16(10-8-15)27-17-11-6-14(12-25)19-18(17)26-20(28-19)13-4-2-1-3-5-13/h1-11H. The second kappa shape index (κ2) is 6.74. The van der Waals surface area contributed by atoms with Gasteiger partial charge in [0, 0.05) is 5.56 Å². The molecule has 1 aromatic heterocycles. The van der Waals surface area contributed by atoms with Crippen LogP contribution >= 0.6 is 0 Å². The molecular weight excluding hydrogens is 369 g/mol. The molecule has 0 saturated carbocycles. The molecule has 1 heterocycles. The smallest absolute Gasteiger partial charge is 0.416 e. The van der Waals surface area contributed by atoms with Gasteiger partial charge in [0.15, 0.2) is 16.8 Å². The third-order valence-electron chi connectivity index (χ3n) is 4.06. The summed E-state index contributed by atoms with van der Waals surface area (Å²) in [5.41, 5.74) is 0.814. The van der Waals surface area contributed by atoms with Crippen molar-refractivity contribution in [2.24, 2.45) is 0 Å². The number of hydrogen-bond acceptors (Lipinski definition) is 4. The number of rotatable bonds is 3. The van der Waals surface area contributed by atoms with Gasteiger partial charge in [0.1, 0.15) is 11.8 Å². The van der Waals surface area contributed by atoms with Crippen LogP contribution in [0.2, 0.25) is 0 Å². The first kappa shape index (κ1) is 17.6. The Morgan fingerprint density at radius 1 is 0.929 bits per heavy atom. The SMILES string of the molecule is N#Cc1ccc(Oc2ccc(C(F)(F)F)cc2)c2nc(-c3ccccc3)oc12. The number of nitriles is 1. The third-order valence-corrected chi connectivity index (χ3v) is 4.06. The van der Waals surface area contributed by atoms with E-state index >= 15 is 0 Å². The Labute approximate surface area is 157 Å². The lowest BCUT2D eigenvalue weighted by Gasteiger charge is -2.09. The molecule has 7 heteroatoms. The minimum Gasteiger partial charge on any atom is -0.455 e. The lowest BCUT2D eigenvalue weighted by Crippen LogP contribution is -2.04. The van der Waals surface area contributed by atoms with Gasteiger partial charge in [-0.15, -0.1) is 0 Å². The highest BCUT2D eigenvalue weighted by atomic mass is 19.4. The van der Waals surface area contributed by atoms with E-state index in [1.807, 2.05) is 36.4 Å². The fourth-order valence-corrected chi connectivity index (χ4v) is 2.70. The zero-order valence-electron chi connectivity index (χ0n) is 14.2. The van der Waals surface area contributed by atoms with E-state index < -0.39 is 11.7 Å². The molecule has 0 spiro atoms. The first-order chi connectivity index (χ1) is 13.5. The van der Waals surface area contributed by atoms with Crippen molar-refractivity contribution >= 4 is 11.1 Å². The molecule has 138 valence electrons. The highest BCUT2D eigenvalue weighted by Gasteiger charge is 2.30. The molecular formula is C21H11F3N2O2. The normalized spacial score (nSPS) is 11.4. The summed E-state index contributed by atoms with van der Waals surface area (Å²) in [4.78, 5) is 4.42. The topological polar surface area (TPSA) is 59.0 Å². The zero-order valence-corrected chi connectivity index (χ0v) is 14.2. The number of aromatic nitrogens is 1. The van der Waals surface area contributed by atoms with Gasteiger partial charge >= 0.3 is 6.18 Å². The Hall–Kier alpha value is -3.79. The van der Waals surface area contributed by atoms with Gasteiger partial charge in [0.25, 0.3) is 0 Å². The highest BCUT2D eigenvalue weighted by Crippen LogP contribution is 2.36. The summed E-state index contributed by atoms with van der Waals surface area (Å²) in [5, 5.41) is 9.32. The molecule has 28 heavy (non-hydrogen) atoms. The van der Waals surface area contributed by atoms with Crippen LogP contribution in [-0.2, 0) is 6.18 Å². The fraction of sp³-hybridized carbons (Fsp3) is 0.0476. The molecule has 0 amide bonds. The zero-order chi connectivity index (χ0) is 19.7. The van der Waals surface area contributed by atoms with Crippen LogP contribution in [0.1, 0.15) is 11.1 Å². The van der Waals surface area contributed by atoms with Crippen molar-refractivity contribution in [1.82, 2.24) is 4.98 Å². The van der Waals surface area contributed by atoms with Crippen molar-refractivity contribution in [3.05, 3.63) is 77.9 Å². The maximum Gasteiger partial charge on any atom is 0.416 e. The van der Waals surface area contributed by atoms with Gasteiger partial charge < -0.3 is 9.15 Å². The number of ether oxygens (including phenoxy) is 1. The number of nitrogens with zero attached hydrogens (tertiary/aromatic N) is 2.